The Morgan fingerprint density at radius 1 is 1.59 bits per heavy atom. The number of nitrogens with zero attached hydrogens (tertiary/aromatic N) is 2. The number of pyridine rings is 1. The average Bonchev–Trinajstić information content (AvgIpc) is 2.81. The van der Waals surface area contributed by atoms with Crippen LogP contribution in [0.15, 0.2) is 24.5 Å². The van der Waals surface area contributed by atoms with Crippen molar-refractivity contribution in [1.82, 2.24) is 9.88 Å². The summed E-state index contributed by atoms with van der Waals surface area (Å²) in [7, 11) is 0. The maximum atomic E-state index is 5.93. The van der Waals surface area contributed by atoms with Gasteiger partial charge in [-0.05, 0) is 36.9 Å². The summed E-state index contributed by atoms with van der Waals surface area (Å²) >= 11 is 0. The molecule has 94 valence electrons. The molecule has 1 fully saturated rings. The first-order valence-corrected chi connectivity index (χ1v) is 6.69. The van der Waals surface area contributed by atoms with E-state index in [1.165, 1.54) is 37.9 Å². The fraction of sp³-hybridized carbons (Fsp3) is 0.643. The lowest BCUT2D eigenvalue weighted by Crippen LogP contribution is -2.32. The molecule has 0 aromatic carbocycles. The molecular formula is C14H23N3. The van der Waals surface area contributed by atoms with Crippen LogP contribution in [0.1, 0.15) is 37.8 Å². The summed E-state index contributed by atoms with van der Waals surface area (Å²) in [5.41, 5.74) is 7.19. The van der Waals surface area contributed by atoms with E-state index < -0.39 is 0 Å². The van der Waals surface area contributed by atoms with E-state index in [0.717, 1.165) is 5.92 Å². The van der Waals surface area contributed by atoms with E-state index in [9.17, 15) is 0 Å². The van der Waals surface area contributed by atoms with Crippen molar-refractivity contribution in [3.63, 3.8) is 0 Å². The molecule has 0 radical (unpaired) electrons. The van der Waals surface area contributed by atoms with E-state index in [0.29, 0.717) is 12.6 Å². The molecule has 1 aliphatic rings. The summed E-state index contributed by atoms with van der Waals surface area (Å²) in [6.07, 6.45) is 7.73. The topological polar surface area (TPSA) is 42.1 Å². The van der Waals surface area contributed by atoms with Gasteiger partial charge in [0.1, 0.15) is 0 Å². The van der Waals surface area contributed by atoms with E-state index in [4.69, 9.17) is 5.73 Å². The van der Waals surface area contributed by atoms with E-state index in [2.05, 4.69) is 22.9 Å². The number of aromatic nitrogens is 1. The third kappa shape index (κ3) is 3.05. The number of hydrogen-bond donors (Lipinski definition) is 1. The molecule has 2 unspecified atom stereocenters. The quantitative estimate of drug-likeness (QED) is 0.848. The Labute approximate surface area is 104 Å². The van der Waals surface area contributed by atoms with Gasteiger partial charge in [0.05, 0.1) is 0 Å². The lowest BCUT2D eigenvalue weighted by Gasteiger charge is -2.26. The minimum absolute atomic E-state index is 0.352. The summed E-state index contributed by atoms with van der Waals surface area (Å²) in [6.45, 7) is 5.33. The standard InChI is InChI=1S/C14H23N3/c1-2-4-12-6-8-17(11-12)14(9-15)13-5-3-7-16-10-13/h3,5,7,10,12,14H,2,4,6,8-9,11,15H2,1H3. The monoisotopic (exact) mass is 233 g/mol. The van der Waals surface area contributed by atoms with Gasteiger partial charge in [-0.15, -0.1) is 0 Å². The Bertz CT molecular complexity index is 325. The van der Waals surface area contributed by atoms with Crippen LogP contribution < -0.4 is 5.73 Å². The van der Waals surface area contributed by atoms with Gasteiger partial charge in [0, 0.05) is 31.5 Å². The fourth-order valence-electron chi connectivity index (χ4n) is 2.86. The van der Waals surface area contributed by atoms with Crippen LogP contribution in [0.2, 0.25) is 0 Å². The van der Waals surface area contributed by atoms with Gasteiger partial charge >= 0.3 is 0 Å². The van der Waals surface area contributed by atoms with E-state index in [-0.39, 0.29) is 0 Å². The second kappa shape index (κ2) is 6.12. The summed E-state index contributed by atoms with van der Waals surface area (Å²) in [4.78, 5) is 6.72. The molecule has 1 aromatic heterocycles. The van der Waals surface area contributed by atoms with E-state index >= 15 is 0 Å². The summed E-state index contributed by atoms with van der Waals surface area (Å²) < 4.78 is 0. The predicted octanol–water partition coefficient (Wildman–Crippen LogP) is 2.20. The van der Waals surface area contributed by atoms with Crippen molar-refractivity contribution in [3.05, 3.63) is 30.1 Å². The highest BCUT2D eigenvalue weighted by Crippen LogP contribution is 2.28. The van der Waals surface area contributed by atoms with Crippen molar-refractivity contribution in [3.8, 4) is 0 Å². The highest BCUT2D eigenvalue weighted by atomic mass is 15.2. The summed E-state index contributed by atoms with van der Waals surface area (Å²) in [5, 5.41) is 0. The Morgan fingerprint density at radius 3 is 3.12 bits per heavy atom. The molecule has 3 nitrogen and oxygen atoms in total. The molecule has 1 aromatic rings. The van der Waals surface area contributed by atoms with Crippen LogP contribution in [0, 0.1) is 5.92 Å². The molecule has 2 rings (SSSR count). The van der Waals surface area contributed by atoms with Crippen LogP contribution in [0.4, 0.5) is 0 Å². The molecule has 1 aliphatic heterocycles. The third-order valence-electron chi connectivity index (χ3n) is 3.75. The molecule has 2 N–H and O–H groups in total. The second-order valence-corrected chi connectivity index (χ2v) is 4.98. The van der Waals surface area contributed by atoms with Gasteiger partial charge in [-0.2, -0.15) is 0 Å². The van der Waals surface area contributed by atoms with Crippen molar-refractivity contribution >= 4 is 0 Å². The van der Waals surface area contributed by atoms with Crippen LogP contribution in [0.3, 0.4) is 0 Å². The SMILES string of the molecule is CCCC1CCN(C(CN)c2cccnc2)C1. The Hall–Kier alpha value is -0.930. The number of nitrogens with two attached hydrogens (primary N) is 1. The highest BCUT2D eigenvalue weighted by molar-refractivity contribution is 5.15. The number of likely N-dealkylation sites (tertiary alicyclic amines) is 1. The Morgan fingerprint density at radius 2 is 2.47 bits per heavy atom. The molecule has 2 heterocycles. The van der Waals surface area contributed by atoms with Crippen molar-refractivity contribution in [1.29, 1.82) is 0 Å². The molecule has 3 heteroatoms. The minimum Gasteiger partial charge on any atom is -0.329 e. The van der Waals surface area contributed by atoms with Crippen molar-refractivity contribution in [2.75, 3.05) is 19.6 Å². The molecule has 1 saturated heterocycles. The van der Waals surface area contributed by atoms with E-state index in [1.807, 2.05) is 18.5 Å². The van der Waals surface area contributed by atoms with Crippen molar-refractivity contribution in [2.24, 2.45) is 11.7 Å². The third-order valence-corrected chi connectivity index (χ3v) is 3.75. The van der Waals surface area contributed by atoms with Crippen LogP contribution in [0.25, 0.3) is 0 Å². The molecule has 0 saturated carbocycles. The lowest BCUT2D eigenvalue weighted by atomic mass is 10.0. The summed E-state index contributed by atoms with van der Waals surface area (Å²) in [5.74, 6) is 0.866. The van der Waals surface area contributed by atoms with Gasteiger partial charge in [0.15, 0.2) is 0 Å². The van der Waals surface area contributed by atoms with Crippen LogP contribution in [-0.4, -0.2) is 29.5 Å². The van der Waals surface area contributed by atoms with E-state index in [1.54, 1.807) is 0 Å². The largest absolute Gasteiger partial charge is 0.329 e. The van der Waals surface area contributed by atoms with Crippen molar-refractivity contribution in [2.45, 2.75) is 32.2 Å². The van der Waals surface area contributed by atoms with Crippen LogP contribution in [-0.2, 0) is 0 Å². The molecule has 2 atom stereocenters. The first-order chi connectivity index (χ1) is 8.35. The van der Waals surface area contributed by atoms with Gasteiger partial charge in [-0.3, -0.25) is 9.88 Å². The van der Waals surface area contributed by atoms with Gasteiger partial charge in [0.2, 0.25) is 0 Å². The van der Waals surface area contributed by atoms with Crippen molar-refractivity contribution < 1.29 is 0 Å². The maximum Gasteiger partial charge on any atom is 0.0485 e. The zero-order valence-electron chi connectivity index (χ0n) is 10.7. The van der Waals surface area contributed by atoms with Crippen LogP contribution in [0.5, 0.6) is 0 Å². The smallest absolute Gasteiger partial charge is 0.0485 e. The molecule has 17 heavy (non-hydrogen) atoms. The minimum atomic E-state index is 0.352. The maximum absolute atomic E-state index is 5.93. The highest BCUT2D eigenvalue weighted by Gasteiger charge is 2.27. The summed E-state index contributed by atoms with van der Waals surface area (Å²) in [6, 6.07) is 4.49. The first-order valence-electron chi connectivity index (χ1n) is 6.69. The molecule has 0 bridgehead atoms. The zero-order valence-corrected chi connectivity index (χ0v) is 10.7. The average molecular weight is 233 g/mol. The molecule has 0 aliphatic carbocycles. The molecular weight excluding hydrogens is 210 g/mol. The lowest BCUT2D eigenvalue weighted by molar-refractivity contribution is 0.239. The fourth-order valence-corrected chi connectivity index (χ4v) is 2.86. The first kappa shape index (κ1) is 12.5. The zero-order chi connectivity index (χ0) is 12.1. The van der Waals surface area contributed by atoms with Gasteiger partial charge < -0.3 is 5.73 Å². The number of rotatable bonds is 5. The molecule has 0 spiro atoms. The Kier molecular flexibility index (Phi) is 4.51. The van der Waals surface area contributed by atoms with Gasteiger partial charge in [0.25, 0.3) is 0 Å². The Balaban J connectivity index is 2.01. The molecule has 0 amide bonds. The normalized spacial score (nSPS) is 22.8. The van der Waals surface area contributed by atoms with Crippen LogP contribution >= 0.6 is 0 Å². The number of hydrogen-bond acceptors (Lipinski definition) is 3. The van der Waals surface area contributed by atoms with Gasteiger partial charge in [-0.25, -0.2) is 0 Å². The second-order valence-electron chi connectivity index (χ2n) is 4.98. The van der Waals surface area contributed by atoms with Gasteiger partial charge in [-0.1, -0.05) is 19.4 Å². The predicted molar refractivity (Wildman–Crippen MR) is 70.6 cm³/mol.